The standard InChI is InChI=1S/C14H15NO2/c1-2-9-15-13-8-7-12(14(16)17)10-5-3-4-6-11(10)13/h3-8,15H,2,9H2,1H3,(H,16,17). The van der Waals surface area contributed by atoms with Crippen molar-refractivity contribution in [3.63, 3.8) is 0 Å². The van der Waals surface area contributed by atoms with Gasteiger partial charge in [0.2, 0.25) is 0 Å². The molecule has 0 aliphatic heterocycles. The van der Waals surface area contributed by atoms with E-state index in [0.717, 1.165) is 29.4 Å². The average Bonchev–Trinajstić information content (AvgIpc) is 2.35. The van der Waals surface area contributed by atoms with Crippen LogP contribution in [0.5, 0.6) is 0 Å². The predicted molar refractivity (Wildman–Crippen MR) is 69.7 cm³/mol. The molecule has 0 aromatic heterocycles. The van der Waals surface area contributed by atoms with Crippen molar-refractivity contribution in [3.8, 4) is 0 Å². The first-order chi connectivity index (χ1) is 8.24. The van der Waals surface area contributed by atoms with Gasteiger partial charge in [-0.15, -0.1) is 0 Å². The zero-order chi connectivity index (χ0) is 12.3. The molecule has 88 valence electrons. The van der Waals surface area contributed by atoms with Crippen LogP contribution >= 0.6 is 0 Å². The number of nitrogens with one attached hydrogen (secondary N) is 1. The van der Waals surface area contributed by atoms with Crippen molar-refractivity contribution >= 4 is 22.4 Å². The van der Waals surface area contributed by atoms with E-state index in [1.165, 1.54) is 0 Å². The molecule has 0 radical (unpaired) electrons. The van der Waals surface area contributed by atoms with E-state index in [9.17, 15) is 4.79 Å². The Bertz CT molecular complexity index is 549. The van der Waals surface area contributed by atoms with E-state index < -0.39 is 5.97 Å². The Kier molecular flexibility index (Phi) is 3.28. The van der Waals surface area contributed by atoms with Crippen molar-refractivity contribution in [2.45, 2.75) is 13.3 Å². The van der Waals surface area contributed by atoms with Crippen molar-refractivity contribution in [1.82, 2.24) is 0 Å². The number of anilines is 1. The van der Waals surface area contributed by atoms with Crippen LogP contribution in [0.1, 0.15) is 23.7 Å². The minimum absolute atomic E-state index is 0.350. The molecule has 0 saturated heterocycles. The van der Waals surface area contributed by atoms with Gasteiger partial charge >= 0.3 is 5.97 Å². The maximum atomic E-state index is 11.1. The Morgan fingerprint density at radius 3 is 2.53 bits per heavy atom. The van der Waals surface area contributed by atoms with Gasteiger partial charge in [-0.1, -0.05) is 31.2 Å². The number of aromatic carboxylic acids is 1. The Hall–Kier alpha value is -2.03. The summed E-state index contributed by atoms with van der Waals surface area (Å²) in [6.45, 7) is 2.98. The van der Waals surface area contributed by atoms with Crippen LogP contribution in [-0.4, -0.2) is 17.6 Å². The van der Waals surface area contributed by atoms with Crippen molar-refractivity contribution < 1.29 is 9.90 Å². The van der Waals surface area contributed by atoms with Crippen LogP contribution in [0.4, 0.5) is 5.69 Å². The number of fused-ring (bicyclic) bond motifs is 1. The summed E-state index contributed by atoms with van der Waals surface area (Å²) in [5.74, 6) is -0.886. The lowest BCUT2D eigenvalue weighted by Crippen LogP contribution is -2.03. The first-order valence-corrected chi connectivity index (χ1v) is 5.73. The molecular weight excluding hydrogens is 214 g/mol. The van der Waals surface area contributed by atoms with Gasteiger partial charge < -0.3 is 10.4 Å². The summed E-state index contributed by atoms with van der Waals surface area (Å²) >= 11 is 0. The molecule has 0 spiro atoms. The summed E-state index contributed by atoms with van der Waals surface area (Å²) in [5.41, 5.74) is 1.34. The summed E-state index contributed by atoms with van der Waals surface area (Å²) in [5, 5.41) is 14.2. The first kappa shape index (κ1) is 11.5. The molecule has 0 atom stereocenters. The molecule has 3 heteroatoms. The molecule has 2 aromatic carbocycles. The van der Waals surface area contributed by atoms with Gasteiger partial charge in [-0.2, -0.15) is 0 Å². The highest BCUT2D eigenvalue weighted by Crippen LogP contribution is 2.26. The molecule has 0 bridgehead atoms. The lowest BCUT2D eigenvalue weighted by Gasteiger charge is -2.10. The number of rotatable bonds is 4. The fourth-order valence-corrected chi connectivity index (χ4v) is 1.90. The Morgan fingerprint density at radius 1 is 1.18 bits per heavy atom. The van der Waals surface area contributed by atoms with Gasteiger partial charge in [0.05, 0.1) is 5.56 Å². The molecule has 0 amide bonds. The smallest absolute Gasteiger partial charge is 0.336 e. The molecule has 2 rings (SSSR count). The quantitative estimate of drug-likeness (QED) is 0.845. The molecule has 3 nitrogen and oxygen atoms in total. The van der Waals surface area contributed by atoms with Gasteiger partial charge in [0.1, 0.15) is 0 Å². The van der Waals surface area contributed by atoms with Crippen molar-refractivity contribution in [2.24, 2.45) is 0 Å². The first-order valence-electron chi connectivity index (χ1n) is 5.73. The molecule has 2 aromatic rings. The number of benzene rings is 2. The third-order valence-corrected chi connectivity index (χ3v) is 2.72. The fourth-order valence-electron chi connectivity index (χ4n) is 1.90. The summed E-state index contributed by atoms with van der Waals surface area (Å²) in [4.78, 5) is 11.1. The van der Waals surface area contributed by atoms with Crippen LogP contribution < -0.4 is 5.32 Å². The number of carbonyl (C=O) groups is 1. The lowest BCUT2D eigenvalue weighted by atomic mass is 10.0. The minimum atomic E-state index is -0.886. The summed E-state index contributed by atoms with van der Waals surface area (Å²) in [6, 6.07) is 11.1. The fraction of sp³-hybridized carbons (Fsp3) is 0.214. The largest absolute Gasteiger partial charge is 0.478 e. The van der Waals surface area contributed by atoms with Gasteiger partial charge in [0.25, 0.3) is 0 Å². The van der Waals surface area contributed by atoms with Crippen molar-refractivity contribution in [2.75, 3.05) is 11.9 Å². The second-order valence-corrected chi connectivity index (χ2v) is 3.94. The SMILES string of the molecule is CCCNc1ccc(C(=O)O)c2ccccc12. The van der Waals surface area contributed by atoms with E-state index in [1.807, 2.05) is 30.3 Å². The Balaban J connectivity index is 2.58. The molecule has 0 aliphatic rings. The van der Waals surface area contributed by atoms with E-state index in [4.69, 9.17) is 5.11 Å². The molecule has 0 heterocycles. The second kappa shape index (κ2) is 4.87. The van der Waals surface area contributed by atoms with Gasteiger partial charge in [0.15, 0.2) is 0 Å². The molecule has 0 fully saturated rings. The van der Waals surface area contributed by atoms with Crippen molar-refractivity contribution in [3.05, 3.63) is 42.0 Å². The van der Waals surface area contributed by atoms with E-state index in [-0.39, 0.29) is 0 Å². The zero-order valence-corrected chi connectivity index (χ0v) is 9.73. The minimum Gasteiger partial charge on any atom is -0.478 e. The average molecular weight is 229 g/mol. The molecular formula is C14H15NO2. The van der Waals surface area contributed by atoms with Crippen LogP contribution in [-0.2, 0) is 0 Å². The van der Waals surface area contributed by atoms with Crippen LogP contribution in [0.3, 0.4) is 0 Å². The lowest BCUT2D eigenvalue weighted by molar-refractivity contribution is 0.0699. The van der Waals surface area contributed by atoms with E-state index >= 15 is 0 Å². The Labute approximate surface area is 100 Å². The predicted octanol–water partition coefficient (Wildman–Crippen LogP) is 3.36. The van der Waals surface area contributed by atoms with Crippen LogP contribution in [0, 0.1) is 0 Å². The normalized spacial score (nSPS) is 10.4. The molecule has 0 unspecified atom stereocenters. The highest BCUT2D eigenvalue weighted by atomic mass is 16.4. The number of carboxylic acid groups (broad SMARTS) is 1. The highest BCUT2D eigenvalue weighted by Gasteiger charge is 2.10. The maximum Gasteiger partial charge on any atom is 0.336 e. The number of hydrogen-bond donors (Lipinski definition) is 2. The van der Waals surface area contributed by atoms with Crippen LogP contribution in [0.25, 0.3) is 10.8 Å². The zero-order valence-electron chi connectivity index (χ0n) is 9.73. The van der Waals surface area contributed by atoms with Gasteiger partial charge in [0, 0.05) is 17.6 Å². The van der Waals surface area contributed by atoms with E-state index in [2.05, 4.69) is 12.2 Å². The maximum absolute atomic E-state index is 11.1. The molecule has 0 saturated carbocycles. The van der Waals surface area contributed by atoms with E-state index in [1.54, 1.807) is 6.07 Å². The third kappa shape index (κ3) is 2.23. The summed E-state index contributed by atoms with van der Waals surface area (Å²) in [7, 11) is 0. The topological polar surface area (TPSA) is 49.3 Å². The van der Waals surface area contributed by atoms with Crippen molar-refractivity contribution in [1.29, 1.82) is 0 Å². The third-order valence-electron chi connectivity index (χ3n) is 2.72. The molecule has 17 heavy (non-hydrogen) atoms. The second-order valence-electron chi connectivity index (χ2n) is 3.94. The van der Waals surface area contributed by atoms with Gasteiger partial charge in [-0.25, -0.2) is 4.79 Å². The monoisotopic (exact) mass is 229 g/mol. The van der Waals surface area contributed by atoms with E-state index in [0.29, 0.717) is 5.56 Å². The molecule has 2 N–H and O–H groups in total. The molecule has 0 aliphatic carbocycles. The van der Waals surface area contributed by atoms with Gasteiger partial charge in [-0.3, -0.25) is 0 Å². The summed E-state index contributed by atoms with van der Waals surface area (Å²) < 4.78 is 0. The van der Waals surface area contributed by atoms with Crippen LogP contribution in [0.15, 0.2) is 36.4 Å². The Morgan fingerprint density at radius 2 is 1.88 bits per heavy atom. The highest BCUT2D eigenvalue weighted by molar-refractivity contribution is 6.07. The summed E-state index contributed by atoms with van der Waals surface area (Å²) in [6.07, 6.45) is 1.04. The van der Waals surface area contributed by atoms with Crippen LogP contribution in [0.2, 0.25) is 0 Å². The number of carboxylic acids is 1. The number of hydrogen-bond acceptors (Lipinski definition) is 2. The van der Waals surface area contributed by atoms with Gasteiger partial charge in [-0.05, 0) is 23.9 Å².